The van der Waals surface area contributed by atoms with Gasteiger partial charge in [-0.25, -0.2) is 0 Å². The Morgan fingerprint density at radius 2 is 2.36 bits per heavy atom. The summed E-state index contributed by atoms with van der Waals surface area (Å²) >= 11 is 0. The number of fused-ring (bicyclic) bond motifs is 1. The van der Waals surface area contributed by atoms with Crippen molar-refractivity contribution in [1.82, 2.24) is 25.2 Å². The average Bonchev–Trinajstić information content (AvgIpc) is 3.30. The zero-order valence-corrected chi connectivity index (χ0v) is 14.6. The van der Waals surface area contributed by atoms with Gasteiger partial charge in [-0.3, -0.25) is 9.39 Å². The molecule has 0 aromatic carbocycles. The molecule has 1 saturated heterocycles. The van der Waals surface area contributed by atoms with E-state index in [1.54, 1.807) is 7.05 Å². The van der Waals surface area contributed by atoms with Gasteiger partial charge in [0, 0.05) is 38.9 Å². The normalized spacial score (nSPS) is 18.0. The second kappa shape index (κ2) is 9.33. The lowest BCUT2D eigenvalue weighted by atomic mass is 10.1. The Kier molecular flexibility index (Phi) is 6.58. The van der Waals surface area contributed by atoms with E-state index in [2.05, 4.69) is 25.8 Å². The van der Waals surface area contributed by atoms with Gasteiger partial charge in [-0.05, 0) is 25.0 Å². The Balaban J connectivity index is 1.32. The molecule has 1 aliphatic heterocycles. The molecular weight excluding hydrogens is 320 g/mol. The Labute approximate surface area is 147 Å². The maximum absolute atomic E-state index is 5.70. The van der Waals surface area contributed by atoms with Crippen molar-refractivity contribution in [2.75, 3.05) is 40.0 Å². The smallest absolute Gasteiger partial charge is 0.191 e. The van der Waals surface area contributed by atoms with Crippen molar-refractivity contribution in [1.29, 1.82) is 0 Å². The highest BCUT2D eigenvalue weighted by Gasteiger charge is 2.15. The third kappa shape index (κ3) is 5.14. The molecule has 8 heteroatoms. The van der Waals surface area contributed by atoms with Crippen LogP contribution in [-0.4, -0.2) is 60.6 Å². The van der Waals surface area contributed by atoms with E-state index < -0.39 is 0 Å². The number of hydrogen-bond acceptors (Lipinski definition) is 5. The highest BCUT2D eigenvalue weighted by molar-refractivity contribution is 5.79. The molecule has 25 heavy (non-hydrogen) atoms. The summed E-state index contributed by atoms with van der Waals surface area (Å²) in [5.74, 6) is 2.16. The Morgan fingerprint density at radius 1 is 1.40 bits per heavy atom. The number of pyridine rings is 1. The van der Waals surface area contributed by atoms with Crippen LogP contribution in [0.3, 0.4) is 0 Å². The molecule has 0 bridgehead atoms. The summed E-state index contributed by atoms with van der Waals surface area (Å²) in [5, 5.41) is 14.9. The molecule has 2 aromatic rings. The summed E-state index contributed by atoms with van der Waals surface area (Å²) in [7, 11) is 1.76. The molecule has 1 atom stereocenters. The molecule has 3 heterocycles. The molecule has 136 valence electrons. The lowest BCUT2D eigenvalue weighted by Crippen LogP contribution is -2.38. The van der Waals surface area contributed by atoms with Crippen LogP contribution >= 0.6 is 0 Å². The first kappa shape index (κ1) is 17.6. The fourth-order valence-corrected chi connectivity index (χ4v) is 2.74. The molecule has 1 unspecified atom stereocenters. The minimum absolute atomic E-state index is 0.559. The molecule has 0 aliphatic carbocycles. The number of nitrogens with zero attached hydrogens (tertiary/aromatic N) is 4. The first-order valence-electron chi connectivity index (χ1n) is 8.75. The van der Waals surface area contributed by atoms with Crippen molar-refractivity contribution >= 4 is 11.6 Å². The largest absolute Gasteiger partial charge is 0.381 e. The fraction of sp³-hybridized carbons (Fsp3) is 0.588. The number of rotatable bonds is 8. The molecule has 1 fully saturated rings. The molecule has 0 saturated carbocycles. The Morgan fingerprint density at radius 3 is 3.20 bits per heavy atom. The van der Waals surface area contributed by atoms with Crippen LogP contribution < -0.4 is 10.6 Å². The zero-order chi connectivity index (χ0) is 17.3. The highest BCUT2D eigenvalue weighted by Crippen LogP contribution is 2.12. The van der Waals surface area contributed by atoms with Gasteiger partial charge >= 0.3 is 0 Å². The summed E-state index contributed by atoms with van der Waals surface area (Å²) in [6.07, 6.45) is 4.00. The minimum Gasteiger partial charge on any atom is -0.381 e. The standard InChI is InChI=1S/C17H26N6O2/c1-18-17(19-7-4-9-24-12-14-6-10-25-13-14)20-11-16-22-21-15-5-2-3-8-23(15)16/h2-3,5,8,14H,4,6-7,9-13H2,1H3,(H2,18,19,20). The number of guanidine groups is 1. The first-order valence-corrected chi connectivity index (χ1v) is 8.75. The van der Waals surface area contributed by atoms with E-state index in [-0.39, 0.29) is 0 Å². The van der Waals surface area contributed by atoms with Gasteiger partial charge in [0.15, 0.2) is 17.4 Å². The SMILES string of the molecule is CN=C(NCCCOCC1CCOC1)NCc1nnc2ccccn12. The fourth-order valence-electron chi connectivity index (χ4n) is 2.74. The average molecular weight is 346 g/mol. The lowest BCUT2D eigenvalue weighted by Gasteiger charge is -2.12. The number of hydrogen-bond donors (Lipinski definition) is 2. The van der Waals surface area contributed by atoms with Crippen molar-refractivity contribution in [3.8, 4) is 0 Å². The third-order valence-corrected chi connectivity index (χ3v) is 4.16. The van der Waals surface area contributed by atoms with Gasteiger partial charge in [0.25, 0.3) is 0 Å². The molecule has 2 N–H and O–H groups in total. The second-order valence-electron chi connectivity index (χ2n) is 6.06. The van der Waals surface area contributed by atoms with Crippen molar-refractivity contribution < 1.29 is 9.47 Å². The number of ether oxygens (including phenoxy) is 2. The van der Waals surface area contributed by atoms with Gasteiger partial charge in [0.1, 0.15) is 0 Å². The van der Waals surface area contributed by atoms with Crippen LogP contribution in [0.25, 0.3) is 5.65 Å². The predicted molar refractivity (Wildman–Crippen MR) is 95.6 cm³/mol. The van der Waals surface area contributed by atoms with E-state index in [0.29, 0.717) is 12.5 Å². The van der Waals surface area contributed by atoms with Crippen molar-refractivity contribution in [3.63, 3.8) is 0 Å². The molecule has 2 aromatic heterocycles. The van der Waals surface area contributed by atoms with Crippen LogP contribution in [0.2, 0.25) is 0 Å². The molecule has 0 spiro atoms. The Bertz CT molecular complexity index is 681. The summed E-state index contributed by atoms with van der Waals surface area (Å²) in [6, 6.07) is 5.84. The van der Waals surface area contributed by atoms with Gasteiger partial charge < -0.3 is 20.1 Å². The van der Waals surface area contributed by atoms with E-state index in [1.165, 1.54) is 0 Å². The summed E-state index contributed by atoms with van der Waals surface area (Å²) in [6.45, 7) is 4.62. The van der Waals surface area contributed by atoms with E-state index in [4.69, 9.17) is 9.47 Å². The molecule has 8 nitrogen and oxygen atoms in total. The molecule has 0 amide bonds. The topological polar surface area (TPSA) is 85.1 Å². The van der Waals surface area contributed by atoms with Crippen LogP contribution in [0.15, 0.2) is 29.4 Å². The van der Waals surface area contributed by atoms with Crippen LogP contribution in [0, 0.1) is 5.92 Å². The highest BCUT2D eigenvalue weighted by atomic mass is 16.5. The first-order chi connectivity index (χ1) is 12.4. The van der Waals surface area contributed by atoms with Gasteiger partial charge in [0.05, 0.1) is 19.8 Å². The van der Waals surface area contributed by atoms with Crippen molar-refractivity contribution in [2.45, 2.75) is 19.4 Å². The van der Waals surface area contributed by atoms with E-state index in [9.17, 15) is 0 Å². The molecule has 0 radical (unpaired) electrons. The van der Waals surface area contributed by atoms with Crippen LogP contribution in [0.5, 0.6) is 0 Å². The quantitative estimate of drug-likeness (QED) is 0.419. The monoisotopic (exact) mass is 346 g/mol. The van der Waals surface area contributed by atoms with Gasteiger partial charge in [-0.1, -0.05) is 6.07 Å². The summed E-state index contributed by atoms with van der Waals surface area (Å²) in [5.41, 5.74) is 0.840. The van der Waals surface area contributed by atoms with Crippen LogP contribution in [0.4, 0.5) is 0 Å². The van der Waals surface area contributed by atoms with Crippen LogP contribution in [-0.2, 0) is 16.0 Å². The van der Waals surface area contributed by atoms with Crippen molar-refractivity contribution in [3.05, 3.63) is 30.2 Å². The maximum atomic E-state index is 5.70. The second-order valence-corrected chi connectivity index (χ2v) is 6.06. The molecule has 1 aliphatic rings. The number of nitrogens with one attached hydrogen (secondary N) is 2. The van der Waals surface area contributed by atoms with Crippen LogP contribution in [0.1, 0.15) is 18.7 Å². The zero-order valence-electron chi connectivity index (χ0n) is 14.6. The van der Waals surface area contributed by atoms with Gasteiger partial charge in [-0.2, -0.15) is 0 Å². The number of aromatic nitrogens is 3. The maximum Gasteiger partial charge on any atom is 0.191 e. The summed E-state index contributed by atoms with van der Waals surface area (Å²) < 4.78 is 13.0. The number of aliphatic imine (C=N–C) groups is 1. The van der Waals surface area contributed by atoms with Gasteiger partial charge in [0.2, 0.25) is 0 Å². The molecule has 3 rings (SSSR count). The predicted octanol–water partition coefficient (Wildman–Crippen LogP) is 0.838. The van der Waals surface area contributed by atoms with Gasteiger partial charge in [-0.15, -0.1) is 10.2 Å². The van der Waals surface area contributed by atoms with Crippen molar-refractivity contribution in [2.24, 2.45) is 10.9 Å². The lowest BCUT2D eigenvalue weighted by molar-refractivity contribution is 0.0888. The van der Waals surface area contributed by atoms with E-state index >= 15 is 0 Å². The summed E-state index contributed by atoms with van der Waals surface area (Å²) in [4.78, 5) is 4.23. The third-order valence-electron chi connectivity index (χ3n) is 4.16. The van der Waals surface area contributed by atoms with E-state index in [0.717, 1.165) is 63.2 Å². The molecular formula is C17H26N6O2. The Hall–Kier alpha value is -2.19. The minimum atomic E-state index is 0.559. The van der Waals surface area contributed by atoms with E-state index in [1.807, 2.05) is 28.8 Å².